The van der Waals surface area contributed by atoms with Crippen LogP contribution in [0.3, 0.4) is 0 Å². The Bertz CT molecular complexity index is 425. The first-order chi connectivity index (χ1) is 8.06. The van der Waals surface area contributed by atoms with Crippen LogP contribution >= 0.6 is 11.6 Å². The molecular formula is C8H10ClN3O5. The van der Waals surface area contributed by atoms with Gasteiger partial charge in [-0.25, -0.2) is 0 Å². The molecule has 0 saturated carbocycles. The molecule has 0 radical (unpaired) electrons. The molecule has 0 aliphatic carbocycles. The molecule has 2 rings (SSSR count). The van der Waals surface area contributed by atoms with Crippen molar-refractivity contribution < 1.29 is 19.9 Å². The third kappa shape index (κ3) is 2.00. The number of alkyl halides is 1. The van der Waals surface area contributed by atoms with Crippen molar-refractivity contribution >= 4 is 17.5 Å². The summed E-state index contributed by atoms with van der Waals surface area (Å²) in [6.45, 7) is 0. The van der Waals surface area contributed by atoms with E-state index >= 15 is 0 Å². The molecule has 1 saturated heterocycles. The van der Waals surface area contributed by atoms with Crippen LogP contribution in [0.5, 0.6) is 0 Å². The Hall–Kier alpha value is -1.22. The standard InChI is InChI=1S/C8H10ClN3O5/c9-3-4-5(13)6(14)7(17-4)11-2-1-10-8(11)12(15)16/h1-2,4-7,13-14H,3H2/t4-,5-,6-,7-/m1/s1. The van der Waals surface area contributed by atoms with E-state index in [1.54, 1.807) is 0 Å². The SMILES string of the molecule is O=[N+]([O-])c1nccn1[C@@H]1O[C@H](CCl)[C@@H](O)[C@H]1O. The number of ether oxygens (including phenoxy) is 1. The van der Waals surface area contributed by atoms with E-state index in [1.165, 1.54) is 12.4 Å². The topological polar surface area (TPSA) is 111 Å². The number of aromatic nitrogens is 2. The molecule has 17 heavy (non-hydrogen) atoms. The molecular weight excluding hydrogens is 254 g/mol. The number of nitrogens with zero attached hydrogens (tertiary/aromatic N) is 3. The number of imidazole rings is 1. The van der Waals surface area contributed by atoms with Crippen molar-refractivity contribution in [3.8, 4) is 0 Å². The van der Waals surface area contributed by atoms with Gasteiger partial charge in [0.1, 0.15) is 30.7 Å². The van der Waals surface area contributed by atoms with Gasteiger partial charge in [0.15, 0.2) is 0 Å². The minimum Gasteiger partial charge on any atom is -0.390 e. The first-order valence-corrected chi connectivity index (χ1v) is 5.34. The molecule has 4 atom stereocenters. The minimum atomic E-state index is -1.29. The maximum absolute atomic E-state index is 10.7. The number of hydrogen-bond donors (Lipinski definition) is 2. The van der Waals surface area contributed by atoms with Gasteiger partial charge in [-0.2, -0.15) is 4.57 Å². The Labute approximate surface area is 101 Å². The van der Waals surface area contributed by atoms with Crippen LogP contribution in [-0.2, 0) is 4.74 Å². The summed E-state index contributed by atoms with van der Waals surface area (Å²) in [6.07, 6.45) is -1.77. The highest BCUT2D eigenvalue weighted by Crippen LogP contribution is 2.32. The average Bonchev–Trinajstić information content (AvgIpc) is 2.86. The minimum absolute atomic E-state index is 0.0166. The van der Waals surface area contributed by atoms with E-state index in [2.05, 4.69) is 4.98 Å². The molecule has 0 aromatic carbocycles. The Morgan fingerprint density at radius 3 is 2.82 bits per heavy atom. The second-order valence-electron chi connectivity index (χ2n) is 3.59. The summed E-state index contributed by atoms with van der Waals surface area (Å²) < 4.78 is 6.31. The van der Waals surface area contributed by atoms with Gasteiger partial charge in [0.2, 0.25) is 6.23 Å². The molecule has 0 unspecified atom stereocenters. The van der Waals surface area contributed by atoms with Crippen LogP contribution in [0.4, 0.5) is 5.95 Å². The van der Waals surface area contributed by atoms with E-state index in [-0.39, 0.29) is 5.88 Å². The number of halogens is 1. The van der Waals surface area contributed by atoms with Gasteiger partial charge < -0.3 is 25.1 Å². The van der Waals surface area contributed by atoms with Gasteiger partial charge >= 0.3 is 5.95 Å². The zero-order chi connectivity index (χ0) is 12.6. The smallest absolute Gasteiger partial charge is 0.390 e. The third-order valence-corrected chi connectivity index (χ3v) is 2.88. The third-order valence-electron chi connectivity index (χ3n) is 2.57. The number of nitro groups is 1. The Kier molecular flexibility index (Phi) is 3.29. The molecule has 1 aliphatic heterocycles. The fourth-order valence-electron chi connectivity index (χ4n) is 1.73. The van der Waals surface area contributed by atoms with Crippen molar-refractivity contribution in [1.29, 1.82) is 0 Å². The quantitative estimate of drug-likeness (QED) is 0.438. The average molecular weight is 264 g/mol. The first-order valence-electron chi connectivity index (χ1n) is 4.81. The lowest BCUT2D eigenvalue weighted by atomic mass is 10.1. The van der Waals surface area contributed by atoms with Crippen molar-refractivity contribution in [2.24, 2.45) is 0 Å². The Morgan fingerprint density at radius 2 is 2.29 bits per heavy atom. The van der Waals surface area contributed by atoms with Gasteiger partial charge in [0, 0.05) is 0 Å². The van der Waals surface area contributed by atoms with E-state index in [0.29, 0.717) is 0 Å². The molecule has 9 heteroatoms. The predicted octanol–water partition coefficient (Wildman–Crippen LogP) is -0.351. The van der Waals surface area contributed by atoms with Gasteiger partial charge in [-0.15, -0.1) is 11.6 Å². The lowest BCUT2D eigenvalue weighted by molar-refractivity contribution is -0.398. The van der Waals surface area contributed by atoms with E-state index in [0.717, 1.165) is 4.57 Å². The second kappa shape index (κ2) is 4.57. The lowest BCUT2D eigenvalue weighted by Gasteiger charge is -2.13. The fraction of sp³-hybridized carbons (Fsp3) is 0.625. The maximum Gasteiger partial charge on any atom is 0.436 e. The van der Waals surface area contributed by atoms with E-state index in [9.17, 15) is 20.3 Å². The number of hydrogen-bond acceptors (Lipinski definition) is 6. The van der Waals surface area contributed by atoms with Crippen molar-refractivity contribution in [1.82, 2.24) is 9.55 Å². The molecule has 0 spiro atoms. The van der Waals surface area contributed by atoms with Crippen LogP contribution in [-0.4, -0.2) is 48.9 Å². The van der Waals surface area contributed by atoms with Gasteiger partial charge in [0.25, 0.3) is 0 Å². The largest absolute Gasteiger partial charge is 0.436 e. The van der Waals surface area contributed by atoms with Crippen LogP contribution in [0.1, 0.15) is 6.23 Å². The summed E-state index contributed by atoms with van der Waals surface area (Å²) in [6, 6.07) is 0. The van der Waals surface area contributed by atoms with Crippen molar-refractivity contribution in [2.45, 2.75) is 24.5 Å². The van der Waals surface area contributed by atoms with E-state index < -0.39 is 35.4 Å². The van der Waals surface area contributed by atoms with E-state index in [4.69, 9.17) is 16.3 Å². The van der Waals surface area contributed by atoms with Crippen LogP contribution in [0.25, 0.3) is 0 Å². The zero-order valence-electron chi connectivity index (χ0n) is 8.51. The van der Waals surface area contributed by atoms with Crippen molar-refractivity contribution in [3.63, 3.8) is 0 Å². The van der Waals surface area contributed by atoms with Crippen molar-refractivity contribution in [2.75, 3.05) is 5.88 Å². The molecule has 1 aliphatic rings. The van der Waals surface area contributed by atoms with Crippen LogP contribution < -0.4 is 0 Å². The Morgan fingerprint density at radius 1 is 1.59 bits per heavy atom. The summed E-state index contributed by atoms with van der Waals surface area (Å²) in [4.78, 5) is 13.5. The maximum atomic E-state index is 10.7. The monoisotopic (exact) mass is 263 g/mol. The number of rotatable bonds is 3. The molecule has 1 aromatic heterocycles. The number of aliphatic hydroxyl groups excluding tert-OH is 2. The molecule has 0 amide bonds. The summed E-state index contributed by atoms with van der Waals surface area (Å²) in [7, 11) is 0. The highest BCUT2D eigenvalue weighted by atomic mass is 35.5. The van der Waals surface area contributed by atoms with Crippen LogP contribution in [0.15, 0.2) is 12.4 Å². The predicted molar refractivity (Wildman–Crippen MR) is 55.5 cm³/mol. The van der Waals surface area contributed by atoms with Crippen LogP contribution in [0, 0.1) is 10.1 Å². The zero-order valence-corrected chi connectivity index (χ0v) is 9.27. The molecule has 1 fully saturated rings. The fourth-order valence-corrected chi connectivity index (χ4v) is 1.99. The van der Waals surface area contributed by atoms with Gasteiger partial charge in [-0.1, -0.05) is 4.98 Å². The summed E-state index contributed by atoms with van der Waals surface area (Å²) >= 11 is 5.54. The molecule has 1 aromatic rings. The van der Waals surface area contributed by atoms with Gasteiger partial charge in [0.05, 0.1) is 5.88 Å². The summed E-state index contributed by atoms with van der Waals surface area (Å²) in [5.41, 5.74) is 0. The molecule has 0 bridgehead atoms. The van der Waals surface area contributed by atoms with Gasteiger partial charge in [-0.05, 0) is 4.92 Å². The van der Waals surface area contributed by atoms with Gasteiger partial charge in [-0.3, -0.25) is 0 Å². The normalized spacial score (nSPS) is 32.9. The summed E-state index contributed by atoms with van der Waals surface area (Å²) in [5.74, 6) is -0.478. The molecule has 2 heterocycles. The molecule has 94 valence electrons. The highest BCUT2D eigenvalue weighted by molar-refractivity contribution is 6.18. The Balaban J connectivity index is 2.29. The van der Waals surface area contributed by atoms with Crippen LogP contribution in [0.2, 0.25) is 0 Å². The highest BCUT2D eigenvalue weighted by Gasteiger charge is 2.46. The van der Waals surface area contributed by atoms with Crippen molar-refractivity contribution in [3.05, 3.63) is 22.5 Å². The first kappa shape index (κ1) is 12.2. The molecule has 8 nitrogen and oxygen atoms in total. The second-order valence-corrected chi connectivity index (χ2v) is 3.90. The summed E-state index contributed by atoms with van der Waals surface area (Å²) in [5, 5.41) is 30.0. The lowest BCUT2D eigenvalue weighted by Crippen LogP contribution is -2.32. The number of aliphatic hydroxyl groups is 2. The van der Waals surface area contributed by atoms with E-state index in [1.807, 2.05) is 0 Å². The molecule has 2 N–H and O–H groups in total.